The molecule has 1 saturated carbocycles. The van der Waals surface area contributed by atoms with Gasteiger partial charge in [0.05, 0.1) is 17.3 Å². The molecule has 0 saturated heterocycles. The van der Waals surface area contributed by atoms with Crippen LogP contribution in [0.5, 0.6) is 0 Å². The van der Waals surface area contributed by atoms with Gasteiger partial charge in [0.25, 0.3) is 0 Å². The van der Waals surface area contributed by atoms with E-state index in [1.54, 1.807) is 13.8 Å². The van der Waals surface area contributed by atoms with Crippen molar-refractivity contribution in [3.8, 4) is 0 Å². The van der Waals surface area contributed by atoms with E-state index in [0.717, 1.165) is 6.92 Å². The lowest BCUT2D eigenvalue weighted by Crippen LogP contribution is -2.14. The third kappa shape index (κ3) is 3.03. The zero-order valence-electron chi connectivity index (χ0n) is 13.6. The molecule has 2 rings (SSSR count). The normalized spacial score (nSPS) is 22.5. The number of carbonyl (C=O) groups is 1. The molecule has 1 aromatic carbocycles. The Morgan fingerprint density at radius 1 is 1.12 bits per heavy atom. The SMILES string of the molecule is CC(F)=CC1C(C(=O)OCc2c(F)c(F)c(C)c(F)c2F)C1(C)C. The van der Waals surface area contributed by atoms with E-state index in [2.05, 4.69) is 0 Å². The third-order valence-corrected chi connectivity index (χ3v) is 4.51. The number of rotatable bonds is 4. The molecule has 24 heavy (non-hydrogen) atoms. The number of esters is 1. The average Bonchev–Trinajstić information content (AvgIpc) is 3.02. The second kappa shape index (κ2) is 6.18. The van der Waals surface area contributed by atoms with Gasteiger partial charge in [-0.1, -0.05) is 13.8 Å². The first-order valence-corrected chi connectivity index (χ1v) is 7.32. The Morgan fingerprint density at radius 2 is 1.62 bits per heavy atom. The molecule has 0 spiro atoms. The van der Waals surface area contributed by atoms with Crippen LogP contribution in [0.25, 0.3) is 0 Å². The summed E-state index contributed by atoms with van der Waals surface area (Å²) < 4.78 is 72.2. The fraction of sp³-hybridized carbons (Fsp3) is 0.471. The Hall–Kier alpha value is -1.92. The number of ether oxygens (including phenoxy) is 1. The van der Waals surface area contributed by atoms with Gasteiger partial charge in [-0.05, 0) is 31.3 Å². The van der Waals surface area contributed by atoms with Gasteiger partial charge in [0.2, 0.25) is 0 Å². The maximum absolute atomic E-state index is 13.7. The van der Waals surface area contributed by atoms with E-state index in [9.17, 15) is 26.7 Å². The maximum atomic E-state index is 13.7. The zero-order valence-corrected chi connectivity index (χ0v) is 13.6. The molecule has 1 aliphatic rings. The molecule has 2 nitrogen and oxygen atoms in total. The summed E-state index contributed by atoms with van der Waals surface area (Å²) in [6.07, 6.45) is 1.28. The molecule has 1 fully saturated rings. The second-order valence-corrected chi connectivity index (χ2v) is 6.55. The lowest BCUT2D eigenvalue weighted by atomic mass is 10.1. The molecule has 132 valence electrons. The van der Waals surface area contributed by atoms with Gasteiger partial charge in [-0.3, -0.25) is 4.79 Å². The second-order valence-electron chi connectivity index (χ2n) is 6.55. The van der Waals surface area contributed by atoms with Crippen LogP contribution in [0.2, 0.25) is 0 Å². The highest BCUT2D eigenvalue weighted by Crippen LogP contribution is 2.59. The molecular formula is C17H17F5O2. The van der Waals surface area contributed by atoms with E-state index >= 15 is 0 Å². The number of allylic oxidation sites excluding steroid dienone is 2. The molecule has 1 aliphatic carbocycles. The average molecular weight is 348 g/mol. The van der Waals surface area contributed by atoms with Crippen molar-refractivity contribution < 1.29 is 31.5 Å². The minimum absolute atomic E-state index is 0.406. The molecule has 2 atom stereocenters. The Labute approximate surface area is 136 Å². The summed E-state index contributed by atoms with van der Waals surface area (Å²) in [7, 11) is 0. The minimum Gasteiger partial charge on any atom is -0.460 e. The summed E-state index contributed by atoms with van der Waals surface area (Å²) in [6.45, 7) is 4.63. The number of benzene rings is 1. The van der Waals surface area contributed by atoms with Crippen molar-refractivity contribution in [1.29, 1.82) is 0 Å². The molecule has 2 unspecified atom stereocenters. The highest BCUT2D eigenvalue weighted by atomic mass is 19.2. The molecular weight excluding hydrogens is 331 g/mol. The number of halogens is 5. The molecule has 0 bridgehead atoms. The van der Waals surface area contributed by atoms with Crippen molar-refractivity contribution in [2.24, 2.45) is 17.3 Å². The van der Waals surface area contributed by atoms with E-state index in [1.807, 2.05) is 0 Å². The smallest absolute Gasteiger partial charge is 0.310 e. The Kier molecular flexibility index (Phi) is 4.74. The van der Waals surface area contributed by atoms with Crippen LogP contribution in [0.1, 0.15) is 31.9 Å². The highest BCUT2D eigenvalue weighted by molar-refractivity contribution is 5.78. The van der Waals surface area contributed by atoms with Crippen molar-refractivity contribution in [3.05, 3.63) is 46.3 Å². The number of hydrogen-bond donors (Lipinski definition) is 0. The van der Waals surface area contributed by atoms with Crippen molar-refractivity contribution >= 4 is 5.97 Å². The summed E-state index contributed by atoms with van der Waals surface area (Å²) in [5.74, 6) is -8.59. The molecule has 1 aromatic rings. The van der Waals surface area contributed by atoms with Crippen LogP contribution < -0.4 is 0 Å². The van der Waals surface area contributed by atoms with E-state index in [4.69, 9.17) is 4.74 Å². The van der Waals surface area contributed by atoms with Gasteiger partial charge in [-0.25, -0.2) is 22.0 Å². The first kappa shape index (κ1) is 18.4. The van der Waals surface area contributed by atoms with Crippen LogP contribution in [-0.4, -0.2) is 5.97 Å². The van der Waals surface area contributed by atoms with E-state index in [0.29, 0.717) is 0 Å². The van der Waals surface area contributed by atoms with Crippen LogP contribution in [-0.2, 0) is 16.1 Å². The highest BCUT2D eigenvalue weighted by Gasteiger charge is 2.61. The van der Waals surface area contributed by atoms with Gasteiger partial charge in [0.15, 0.2) is 23.3 Å². The molecule has 0 heterocycles. The van der Waals surface area contributed by atoms with E-state index in [-0.39, 0.29) is 0 Å². The van der Waals surface area contributed by atoms with Crippen LogP contribution >= 0.6 is 0 Å². The summed E-state index contributed by atoms with van der Waals surface area (Å²) in [5, 5.41) is 0. The molecule has 0 aromatic heterocycles. The van der Waals surface area contributed by atoms with Crippen molar-refractivity contribution in [1.82, 2.24) is 0 Å². The Bertz CT molecular complexity index is 691. The topological polar surface area (TPSA) is 26.3 Å². The molecule has 0 N–H and O–H groups in total. The molecule has 0 amide bonds. The van der Waals surface area contributed by atoms with Gasteiger partial charge in [0, 0.05) is 5.56 Å². The predicted molar refractivity (Wildman–Crippen MR) is 76.4 cm³/mol. The first-order valence-electron chi connectivity index (χ1n) is 7.32. The van der Waals surface area contributed by atoms with Crippen molar-refractivity contribution in [3.63, 3.8) is 0 Å². The monoisotopic (exact) mass is 348 g/mol. The standard InChI is InChI=1S/C17H17F5O2/c1-7(18)5-10-11(17(10,3)4)16(23)24-6-9-14(21)12(19)8(2)13(20)15(9)22/h5,10-11H,6H2,1-4H3. The lowest BCUT2D eigenvalue weighted by molar-refractivity contribution is -0.147. The van der Waals surface area contributed by atoms with Gasteiger partial charge >= 0.3 is 5.97 Å². The van der Waals surface area contributed by atoms with Gasteiger partial charge in [-0.2, -0.15) is 0 Å². The van der Waals surface area contributed by atoms with Crippen LogP contribution in [0.3, 0.4) is 0 Å². The molecule has 0 aliphatic heterocycles. The number of hydrogen-bond acceptors (Lipinski definition) is 2. The fourth-order valence-corrected chi connectivity index (χ4v) is 2.83. The number of carbonyl (C=O) groups excluding carboxylic acids is 1. The summed E-state index contributed by atoms with van der Waals surface area (Å²) in [5.41, 5.74) is -2.34. The maximum Gasteiger partial charge on any atom is 0.310 e. The Morgan fingerprint density at radius 3 is 2.08 bits per heavy atom. The third-order valence-electron chi connectivity index (χ3n) is 4.51. The summed E-state index contributed by atoms with van der Waals surface area (Å²) >= 11 is 0. The minimum atomic E-state index is -1.59. The molecule has 7 heteroatoms. The lowest BCUT2D eigenvalue weighted by Gasteiger charge is -2.10. The van der Waals surface area contributed by atoms with Crippen molar-refractivity contribution in [2.45, 2.75) is 34.3 Å². The van der Waals surface area contributed by atoms with Gasteiger partial charge in [-0.15, -0.1) is 0 Å². The largest absolute Gasteiger partial charge is 0.460 e. The predicted octanol–water partition coefficient (Wildman–Crippen LogP) is 4.74. The summed E-state index contributed by atoms with van der Waals surface area (Å²) in [6, 6.07) is 0. The zero-order chi connectivity index (χ0) is 18.4. The fourth-order valence-electron chi connectivity index (χ4n) is 2.83. The van der Waals surface area contributed by atoms with E-state index in [1.165, 1.54) is 13.0 Å². The van der Waals surface area contributed by atoms with E-state index < -0.39 is 70.0 Å². The van der Waals surface area contributed by atoms with Crippen LogP contribution in [0.4, 0.5) is 22.0 Å². The van der Waals surface area contributed by atoms with Crippen LogP contribution in [0, 0.1) is 47.4 Å². The molecule has 0 radical (unpaired) electrons. The van der Waals surface area contributed by atoms with Crippen molar-refractivity contribution in [2.75, 3.05) is 0 Å². The first-order chi connectivity index (χ1) is 11.0. The Balaban J connectivity index is 2.16. The summed E-state index contributed by atoms with van der Waals surface area (Å²) in [4.78, 5) is 12.0. The van der Waals surface area contributed by atoms with Gasteiger partial charge in [0.1, 0.15) is 6.61 Å². The quantitative estimate of drug-likeness (QED) is 0.446. The van der Waals surface area contributed by atoms with Gasteiger partial charge < -0.3 is 4.74 Å². The van der Waals surface area contributed by atoms with Crippen LogP contribution in [0.15, 0.2) is 11.9 Å².